The number of carbonyl (C=O) groups is 1. The summed E-state index contributed by atoms with van der Waals surface area (Å²) in [6, 6.07) is 2.97. The van der Waals surface area contributed by atoms with Crippen LogP contribution in [0, 0.1) is 11.8 Å². The van der Waals surface area contributed by atoms with Crippen LogP contribution >= 0.6 is 0 Å². The van der Waals surface area contributed by atoms with Crippen molar-refractivity contribution in [1.29, 1.82) is 0 Å². The van der Waals surface area contributed by atoms with Crippen molar-refractivity contribution in [2.24, 2.45) is 11.8 Å². The molecule has 1 aliphatic rings. The fourth-order valence-electron chi connectivity index (χ4n) is 2.09. The van der Waals surface area contributed by atoms with E-state index < -0.39 is 16.0 Å². The molecule has 7 nitrogen and oxygen atoms in total. The number of sulfonamides is 1. The molecule has 22 heavy (non-hydrogen) atoms. The zero-order valence-electron chi connectivity index (χ0n) is 13.2. The number of ether oxygens (including phenoxy) is 1. The lowest BCUT2D eigenvalue weighted by molar-refractivity contribution is 0.0600. The van der Waals surface area contributed by atoms with Gasteiger partial charge in [-0.15, -0.1) is 0 Å². The third-order valence-electron chi connectivity index (χ3n) is 3.87. The van der Waals surface area contributed by atoms with Gasteiger partial charge in [0, 0.05) is 13.6 Å². The van der Waals surface area contributed by atoms with E-state index in [1.807, 2.05) is 0 Å². The number of pyridine rings is 1. The molecule has 1 aromatic heterocycles. The number of nitrogens with one attached hydrogen (secondary N) is 1. The number of carbonyl (C=O) groups excluding carboxylic acids is 1. The Bertz CT molecular complexity index is 675. The molecule has 0 aromatic carbocycles. The smallest absolute Gasteiger partial charge is 0.338 e. The minimum Gasteiger partial charge on any atom is -0.465 e. The summed E-state index contributed by atoms with van der Waals surface area (Å²) in [6.45, 7) is 2.92. The van der Waals surface area contributed by atoms with Gasteiger partial charge in [-0.1, -0.05) is 6.92 Å². The lowest BCUT2D eigenvalue weighted by atomic mass is 10.2. The highest BCUT2D eigenvalue weighted by Gasteiger charge is 2.32. The summed E-state index contributed by atoms with van der Waals surface area (Å²) in [6.07, 6.45) is 2.25. The van der Waals surface area contributed by atoms with Crippen molar-refractivity contribution < 1.29 is 17.9 Å². The largest absolute Gasteiger partial charge is 0.465 e. The van der Waals surface area contributed by atoms with Crippen molar-refractivity contribution >= 4 is 27.6 Å². The highest BCUT2D eigenvalue weighted by molar-refractivity contribution is 7.92. The number of aromatic nitrogens is 1. The van der Waals surface area contributed by atoms with Gasteiger partial charge in [-0.25, -0.2) is 18.2 Å². The minimum atomic E-state index is -3.46. The van der Waals surface area contributed by atoms with Crippen molar-refractivity contribution in [3.05, 3.63) is 17.7 Å². The number of rotatable bonds is 6. The Morgan fingerprint density at radius 1 is 1.50 bits per heavy atom. The first-order chi connectivity index (χ1) is 10.2. The van der Waals surface area contributed by atoms with Gasteiger partial charge >= 0.3 is 5.97 Å². The van der Waals surface area contributed by atoms with Crippen LogP contribution in [0.5, 0.6) is 0 Å². The first kappa shape index (κ1) is 16.5. The fraction of sp³-hybridized carbons (Fsp3) is 0.571. The third kappa shape index (κ3) is 3.88. The van der Waals surface area contributed by atoms with Crippen LogP contribution in [0.4, 0.5) is 11.6 Å². The van der Waals surface area contributed by atoms with E-state index in [1.165, 1.54) is 26.6 Å². The standard InChI is InChI=1S/C14H21N3O4S/c1-9-5-11(9)8-15-12-6-10(14(18)21-3)7-13(16-12)17(2)22(4,19)20/h6-7,9,11H,5,8H2,1-4H3,(H,15,16)/t9-,11+/m1/s1. The Kier molecular flexibility index (Phi) is 4.60. The Morgan fingerprint density at radius 2 is 2.14 bits per heavy atom. The Morgan fingerprint density at radius 3 is 2.64 bits per heavy atom. The summed E-state index contributed by atoms with van der Waals surface area (Å²) in [5.74, 6) is 1.40. The molecule has 122 valence electrons. The summed E-state index contributed by atoms with van der Waals surface area (Å²) in [5, 5.41) is 3.16. The molecule has 0 unspecified atom stereocenters. The van der Waals surface area contributed by atoms with E-state index in [2.05, 4.69) is 17.2 Å². The number of anilines is 2. The van der Waals surface area contributed by atoms with E-state index >= 15 is 0 Å². The molecule has 0 aliphatic heterocycles. The normalized spacial score (nSPS) is 20.4. The molecule has 0 spiro atoms. The minimum absolute atomic E-state index is 0.178. The van der Waals surface area contributed by atoms with Crippen molar-refractivity contribution in [2.45, 2.75) is 13.3 Å². The van der Waals surface area contributed by atoms with Gasteiger partial charge in [0.15, 0.2) is 0 Å². The first-order valence-corrected chi connectivity index (χ1v) is 8.85. The maximum Gasteiger partial charge on any atom is 0.338 e. The van der Waals surface area contributed by atoms with Crippen LogP contribution in [0.1, 0.15) is 23.7 Å². The number of esters is 1. The van der Waals surface area contributed by atoms with Crippen LogP contribution in [-0.4, -0.2) is 46.3 Å². The topological polar surface area (TPSA) is 88.6 Å². The molecule has 1 aromatic rings. The number of hydrogen-bond acceptors (Lipinski definition) is 6. The van der Waals surface area contributed by atoms with Gasteiger partial charge < -0.3 is 10.1 Å². The second-order valence-electron chi connectivity index (χ2n) is 5.68. The summed E-state index contributed by atoms with van der Waals surface area (Å²) in [4.78, 5) is 16.0. The summed E-state index contributed by atoms with van der Waals surface area (Å²) < 4.78 is 29.1. The molecule has 2 rings (SSSR count). The lowest BCUT2D eigenvalue weighted by Gasteiger charge is -2.17. The second-order valence-corrected chi connectivity index (χ2v) is 7.69. The van der Waals surface area contributed by atoms with E-state index in [0.717, 1.165) is 17.1 Å². The van der Waals surface area contributed by atoms with Crippen molar-refractivity contribution in [3.63, 3.8) is 0 Å². The van der Waals surface area contributed by atoms with Gasteiger partial charge in [0.05, 0.1) is 18.9 Å². The highest BCUT2D eigenvalue weighted by atomic mass is 32.2. The van der Waals surface area contributed by atoms with Crippen molar-refractivity contribution in [3.8, 4) is 0 Å². The molecule has 1 saturated carbocycles. The number of nitrogens with zero attached hydrogens (tertiary/aromatic N) is 2. The summed E-state index contributed by atoms with van der Waals surface area (Å²) >= 11 is 0. The molecular weight excluding hydrogens is 306 g/mol. The van der Waals surface area contributed by atoms with E-state index in [0.29, 0.717) is 17.7 Å². The maximum atomic E-state index is 11.7. The van der Waals surface area contributed by atoms with Crippen LogP contribution in [0.25, 0.3) is 0 Å². The molecule has 8 heteroatoms. The van der Waals surface area contributed by atoms with Gasteiger partial charge in [0.2, 0.25) is 10.0 Å². The zero-order chi connectivity index (χ0) is 16.5. The molecule has 0 bridgehead atoms. The Labute approximate surface area is 130 Å². The summed E-state index contributed by atoms with van der Waals surface area (Å²) in [5.41, 5.74) is 0.259. The van der Waals surface area contributed by atoms with Crippen molar-refractivity contribution in [2.75, 3.05) is 36.6 Å². The predicted octanol–water partition coefficient (Wildman–Crippen LogP) is 1.33. The molecular formula is C14H21N3O4S. The van der Waals surface area contributed by atoms with Gasteiger partial charge in [-0.3, -0.25) is 4.31 Å². The zero-order valence-corrected chi connectivity index (χ0v) is 14.0. The monoisotopic (exact) mass is 327 g/mol. The van der Waals surface area contributed by atoms with Crippen LogP contribution in [-0.2, 0) is 14.8 Å². The van der Waals surface area contributed by atoms with E-state index in [1.54, 1.807) is 6.07 Å². The molecule has 1 fully saturated rings. The van der Waals surface area contributed by atoms with Crippen molar-refractivity contribution in [1.82, 2.24) is 4.98 Å². The van der Waals surface area contributed by atoms with E-state index in [4.69, 9.17) is 4.74 Å². The van der Waals surface area contributed by atoms with E-state index in [-0.39, 0.29) is 11.4 Å². The van der Waals surface area contributed by atoms with Crippen LogP contribution in [0.15, 0.2) is 12.1 Å². The molecule has 0 saturated heterocycles. The fourth-order valence-corrected chi connectivity index (χ4v) is 2.53. The van der Waals surface area contributed by atoms with Crippen LogP contribution < -0.4 is 9.62 Å². The Hall–Kier alpha value is -1.83. The second kappa shape index (κ2) is 6.12. The van der Waals surface area contributed by atoms with Gasteiger partial charge in [0.25, 0.3) is 0 Å². The van der Waals surface area contributed by atoms with Crippen LogP contribution in [0.3, 0.4) is 0 Å². The summed E-state index contributed by atoms with van der Waals surface area (Å²) in [7, 11) is -0.785. The molecule has 1 N–H and O–H groups in total. The third-order valence-corrected chi connectivity index (χ3v) is 5.06. The predicted molar refractivity (Wildman–Crippen MR) is 84.6 cm³/mol. The average molecular weight is 327 g/mol. The highest BCUT2D eigenvalue weighted by Crippen LogP contribution is 2.37. The SMILES string of the molecule is COC(=O)c1cc(NC[C@@H]2C[C@H]2C)nc(N(C)S(C)(=O)=O)c1. The Balaban J connectivity index is 2.29. The van der Waals surface area contributed by atoms with Crippen LogP contribution in [0.2, 0.25) is 0 Å². The lowest BCUT2D eigenvalue weighted by Crippen LogP contribution is -2.26. The number of hydrogen-bond donors (Lipinski definition) is 1. The molecule has 0 radical (unpaired) electrons. The van der Waals surface area contributed by atoms with Gasteiger partial charge in [-0.2, -0.15) is 0 Å². The molecule has 1 heterocycles. The first-order valence-electron chi connectivity index (χ1n) is 7.00. The van der Waals surface area contributed by atoms with E-state index in [9.17, 15) is 13.2 Å². The number of methoxy groups -OCH3 is 1. The molecule has 1 aliphatic carbocycles. The molecule has 2 atom stereocenters. The van der Waals surface area contributed by atoms with Gasteiger partial charge in [0.1, 0.15) is 11.6 Å². The quantitative estimate of drug-likeness (QED) is 0.793. The average Bonchev–Trinajstić information content (AvgIpc) is 3.17. The molecule has 0 amide bonds. The van der Waals surface area contributed by atoms with Gasteiger partial charge in [-0.05, 0) is 30.4 Å². The maximum absolute atomic E-state index is 11.7.